The summed E-state index contributed by atoms with van der Waals surface area (Å²) in [5.41, 5.74) is 0.667. The number of carbonyl (C=O) groups excluding carboxylic acids is 1. The van der Waals surface area contributed by atoms with Crippen LogP contribution in [0.2, 0.25) is 0 Å². The molecule has 0 bridgehead atoms. The van der Waals surface area contributed by atoms with Crippen molar-refractivity contribution >= 4 is 17.6 Å². The van der Waals surface area contributed by atoms with E-state index in [4.69, 9.17) is 9.84 Å². The average molecular weight is 292 g/mol. The first-order chi connectivity index (χ1) is 9.89. The molecule has 6 heteroatoms. The summed E-state index contributed by atoms with van der Waals surface area (Å²) in [6.45, 7) is 4.84. The third-order valence-corrected chi connectivity index (χ3v) is 3.34. The summed E-state index contributed by atoms with van der Waals surface area (Å²) in [6, 6.07) is 5.36. The highest BCUT2D eigenvalue weighted by molar-refractivity contribution is 5.99. The molecule has 1 heterocycles. The average Bonchev–Trinajstić information content (AvgIpc) is 2.44. The van der Waals surface area contributed by atoms with Gasteiger partial charge in [-0.1, -0.05) is 6.07 Å². The van der Waals surface area contributed by atoms with Gasteiger partial charge < -0.3 is 20.5 Å². The summed E-state index contributed by atoms with van der Waals surface area (Å²) in [5, 5.41) is 14.8. The van der Waals surface area contributed by atoms with Gasteiger partial charge in [0.1, 0.15) is 6.61 Å². The van der Waals surface area contributed by atoms with Gasteiger partial charge in [0.15, 0.2) is 5.75 Å². The Labute approximate surface area is 123 Å². The lowest BCUT2D eigenvalue weighted by molar-refractivity contribution is -0.137. The number of hydrogen-bond donors (Lipinski definition) is 3. The Bertz CT molecular complexity index is 555. The quantitative estimate of drug-likeness (QED) is 0.771. The zero-order chi connectivity index (χ0) is 15.5. The van der Waals surface area contributed by atoms with Gasteiger partial charge in [0.05, 0.1) is 11.3 Å². The van der Waals surface area contributed by atoms with E-state index in [0.717, 1.165) is 5.69 Å². The van der Waals surface area contributed by atoms with Crippen molar-refractivity contribution in [2.45, 2.75) is 32.2 Å². The van der Waals surface area contributed by atoms with Crippen LogP contribution in [0.25, 0.3) is 0 Å². The monoisotopic (exact) mass is 292 g/mol. The lowest BCUT2D eigenvalue weighted by atomic mass is 9.97. The van der Waals surface area contributed by atoms with Gasteiger partial charge in [-0.15, -0.1) is 0 Å². The molecule has 0 saturated heterocycles. The van der Waals surface area contributed by atoms with Crippen LogP contribution in [0.5, 0.6) is 5.75 Å². The number of fused-ring (bicyclic) bond motifs is 1. The van der Waals surface area contributed by atoms with E-state index in [1.807, 2.05) is 19.9 Å². The van der Waals surface area contributed by atoms with Gasteiger partial charge in [-0.2, -0.15) is 0 Å². The minimum absolute atomic E-state index is 0.0121. The van der Waals surface area contributed by atoms with Crippen molar-refractivity contribution in [3.05, 3.63) is 23.8 Å². The molecular formula is C15H20N2O4. The van der Waals surface area contributed by atoms with Crippen LogP contribution in [0.15, 0.2) is 18.2 Å². The van der Waals surface area contributed by atoms with Crippen LogP contribution >= 0.6 is 0 Å². The first-order valence-corrected chi connectivity index (χ1v) is 6.93. The molecule has 0 radical (unpaired) electrons. The first-order valence-electron chi connectivity index (χ1n) is 6.93. The van der Waals surface area contributed by atoms with Crippen LogP contribution in [-0.4, -0.2) is 35.7 Å². The van der Waals surface area contributed by atoms with E-state index >= 15 is 0 Å². The number of carboxylic acids is 1. The second-order valence-corrected chi connectivity index (χ2v) is 5.69. The van der Waals surface area contributed by atoms with Crippen LogP contribution < -0.4 is 15.4 Å². The second kappa shape index (κ2) is 6.03. The minimum atomic E-state index is -0.873. The van der Waals surface area contributed by atoms with E-state index in [2.05, 4.69) is 10.6 Å². The topological polar surface area (TPSA) is 87.7 Å². The van der Waals surface area contributed by atoms with Crippen molar-refractivity contribution in [3.8, 4) is 5.75 Å². The largest absolute Gasteiger partial charge is 0.489 e. The lowest BCUT2D eigenvalue weighted by Gasteiger charge is -2.27. The molecule has 1 aromatic rings. The number of carbonyl (C=O) groups is 2. The van der Waals surface area contributed by atoms with Gasteiger partial charge in [0, 0.05) is 18.5 Å². The van der Waals surface area contributed by atoms with Gasteiger partial charge in [0.2, 0.25) is 0 Å². The molecule has 6 nitrogen and oxygen atoms in total. The third kappa shape index (κ3) is 3.87. The highest BCUT2D eigenvalue weighted by Gasteiger charge is 2.25. The maximum absolute atomic E-state index is 12.4. The Balaban J connectivity index is 2.12. The third-order valence-electron chi connectivity index (χ3n) is 3.34. The molecule has 0 fully saturated rings. The Morgan fingerprint density at radius 1 is 1.43 bits per heavy atom. The van der Waals surface area contributed by atoms with Gasteiger partial charge >= 0.3 is 5.97 Å². The molecule has 1 aliphatic heterocycles. The van der Waals surface area contributed by atoms with E-state index in [1.165, 1.54) is 0 Å². The second-order valence-electron chi connectivity index (χ2n) is 5.69. The summed E-state index contributed by atoms with van der Waals surface area (Å²) in [5.74, 6) is -0.580. The predicted octanol–water partition coefficient (Wildman–Crippen LogP) is 1.86. The number of carboxylic acid groups (broad SMARTS) is 1. The normalized spacial score (nSPS) is 13.6. The summed E-state index contributed by atoms with van der Waals surface area (Å²) >= 11 is 0. The Kier molecular flexibility index (Phi) is 4.35. The van der Waals surface area contributed by atoms with Crippen molar-refractivity contribution in [2.24, 2.45) is 0 Å². The minimum Gasteiger partial charge on any atom is -0.489 e. The molecule has 0 atom stereocenters. The summed E-state index contributed by atoms with van der Waals surface area (Å²) in [6.07, 6.45) is 0.375. The SMILES string of the molecule is CC(C)(CCC(=O)O)NC(=O)c1cccc2c1OCCN2. The van der Waals surface area contributed by atoms with Crippen LogP contribution in [0.4, 0.5) is 5.69 Å². The fourth-order valence-corrected chi connectivity index (χ4v) is 2.21. The van der Waals surface area contributed by atoms with Crippen LogP contribution in [0.3, 0.4) is 0 Å². The smallest absolute Gasteiger partial charge is 0.303 e. The zero-order valence-electron chi connectivity index (χ0n) is 12.2. The number of nitrogens with one attached hydrogen (secondary N) is 2. The molecule has 0 aromatic heterocycles. The maximum Gasteiger partial charge on any atom is 0.303 e. The number of amides is 1. The van der Waals surface area contributed by atoms with Gasteiger partial charge in [-0.05, 0) is 32.4 Å². The number of aliphatic carboxylic acids is 1. The van der Waals surface area contributed by atoms with Crippen LogP contribution in [0, 0.1) is 0 Å². The van der Waals surface area contributed by atoms with E-state index in [9.17, 15) is 9.59 Å². The number of rotatable bonds is 5. The fraction of sp³-hybridized carbons (Fsp3) is 0.467. The molecule has 2 rings (SSSR count). The molecule has 0 spiro atoms. The lowest BCUT2D eigenvalue weighted by Crippen LogP contribution is -2.44. The first kappa shape index (κ1) is 15.2. The van der Waals surface area contributed by atoms with Gasteiger partial charge in [0.25, 0.3) is 5.91 Å². The van der Waals surface area contributed by atoms with Crippen molar-refractivity contribution in [2.75, 3.05) is 18.5 Å². The number of anilines is 1. The molecule has 1 aromatic carbocycles. The number of para-hydroxylation sites is 1. The Hall–Kier alpha value is -2.24. The highest BCUT2D eigenvalue weighted by atomic mass is 16.5. The van der Waals surface area contributed by atoms with E-state index in [-0.39, 0.29) is 12.3 Å². The van der Waals surface area contributed by atoms with E-state index in [1.54, 1.807) is 12.1 Å². The van der Waals surface area contributed by atoms with E-state index in [0.29, 0.717) is 30.9 Å². The van der Waals surface area contributed by atoms with Crippen molar-refractivity contribution < 1.29 is 19.4 Å². The predicted molar refractivity (Wildman–Crippen MR) is 78.8 cm³/mol. The zero-order valence-corrected chi connectivity index (χ0v) is 12.2. The molecule has 0 unspecified atom stereocenters. The summed E-state index contributed by atoms with van der Waals surface area (Å²) < 4.78 is 5.57. The van der Waals surface area contributed by atoms with Crippen LogP contribution in [-0.2, 0) is 4.79 Å². The molecule has 1 amide bonds. The van der Waals surface area contributed by atoms with E-state index < -0.39 is 11.5 Å². The highest BCUT2D eigenvalue weighted by Crippen LogP contribution is 2.31. The summed E-state index contributed by atoms with van der Waals surface area (Å²) in [7, 11) is 0. The van der Waals surface area contributed by atoms with Crippen molar-refractivity contribution in [3.63, 3.8) is 0 Å². The summed E-state index contributed by atoms with van der Waals surface area (Å²) in [4.78, 5) is 23.1. The standard InChI is InChI=1S/C15H20N2O4/c1-15(2,7-6-12(18)19)17-14(20)10-4-3-5-11-13(10)21-9-8-16-11/h3-5,16H,6-9H2,1-2H3,(H,17,20)(H,18,19). The molecule has 0 saturated carbocycles. The molecule has 3 N–H and O–H groups in total. The Morgan fingerprint density at radius 2 is 2.19 bits per heavy atom. The number of benzene rings is 1. The van der Waals surface area contributed by atoms with Crippen molar-refractivity contribution in [1.29, 1.82) is 0 Å². The number of hydrogen-bond acceptors (Lipinski definition) is 4. The van der Waals surface area contributed by atoms with Gasteiger partial charge in [-0.25, -0.2) is 0 Å². The van der Waals surface area contributed by atoms with Crippen molar-refractivity contribution in [1.82, 2.24) is 5.32 Å². The Morgan fingerprint density at radius 3 is 2.90 bits per heavy atom. The molecule has 21 heavy (non-hydrogen) atoms. The molecule has 1 aliphatic rings. The maximum atomic E-state index is 12.4. The molecular weight excluding hydrogens is 272 g/mol. The fourth-order valence-electron chi connectivity index (χ4n) is 2.21. The van der Waals surface area contributed by atoms with Crippen LogP contribution in [0.1, 0.15) is 37.0 Å². The molecule has 114 valence electrons. The number of ether oxygens (including phenoxy) is 1. The molecule has 0 aliphatic carbocycles. The van der Waals surface area contributed by atoms with Gasteiger partial charge in [-0.3, -0.25) is 9.59 Å².